The summed E-state index contributed by atoms with van der Waals surface area (Å²) < 4.78 is 9.69. The van der Waals surface area contributed by atoms with Crippen molar-refractivity contribution in [3.05, 3.63) is 38.7 Å². The van der Waals surface area contributed by atoms with Crippen LogP contribution in [0.1, 0.15) is 38.5 Å². The first-order chi connectivity index (χ1) is 11.6. The van der Waals surface area contributed by atoms with Crippen molar-refractivity contribution >= 4 is 23.2 Å². The molecule has 1 aliphatic carbocycles. The van der Waals surface area contributed by atoms with Gasteiger partial charge in [0.05, 0.1) is 16.7 Å². The fourth-order valence-corrected chi connectivity index (χ4v) is 4.23. The van der Waals surface area contributed by atoms with Crippen molar-refractivity contribution in [2.24, 2.45) is 0 Å². The molecular weight excluding hydrogens is 347 g/mol. The maximum absolute atomic E-state index is 12.8. The summed E-state index contributed by atoms with van der Waals surface area (Å²) in [6.45, 7) is 1.50. The van der Waals surface area contributed by atoms with Gasteiger partial charge in [-0.25, -0.2) is 4.68 Å². The molecule has 1 aromatic heterocycles. The van der Waals surface area contributed by atoms with Gasteiger partial charge in [-0.15, -0.1) is 0 Å². The normalized spacial score (nSPS) is 17.9. The highest BCUT2D eigenvalue weighted by molar-refractivity contribution is 6.33. The topological polar surface area (TPSA) is 36.2 Å². The van der Waals surface area contributed by atoms with E-state index in [9.17, 15) is 4.79 Å². The van der Waals surface area contributed by atoms with Gasteiger partial charge >= 0.3 is 0 Å². The number of hydrogen-bond donors (Lipinski definition) is 0. The second kappa shape index (κ2) is 6.49. The van der Waals surface area contributed by atoms with Crippen LogP contribution in [0.3, 0.4) is 0 Å². The Labute approximate surface area is 150 Å². The molecule has 1 saturated carbocycles. The van der Waals surface area contributed by atoms with Gasteiger partial charge in [0, 0.05) is 13.1 Å². The Hall–Kier alpha value is -1.39. The Morgan fingerprint density at radius 2 is 1.71 bits per heavy atom. The molecule has 0 radical (unpaired) electrons. The highest BCUT2D eigenvalue weighted by Gasteiger charge is 2.23. The number of ether oxygens (including phenoxy) is 1. The van der Waals surface area contributed by atoms with Crippen molar-refractivity contribution in [3.8, 4) is 16.9 Å². The van der Waals surface area contributed by atoms with Crippen molar-refractivity contribution in [2.75, 3.05) is 0 Å². The maximum Gasteiger partial charge on any atom is 0.276 e. The zero-order valence-electron chi connectivity index (χ0n) is 13.4. The third kappa shape index (κ3) is 2.76. The second-order valence-corrected chi connectivity index (χ2v) is 7.36. The van der Waals surface area contributed by atoms with E-state index in [4.69, 9.17) is 27.9 Å². The van der Waals surface area contributed by atoms with Crippen LogP contribution < -0.4 is 10.3 Å². The summed E-state index contributed by atoms with van der Waals surface area (Å²) in [5.74, 6) is 0.644. The van der Waals surface area contributed by atoms with Crippen molar-refractivity contribution in [3.63, 3.8) is 0 Å². The SMILES string of the molecule is O=c1c(-c2ccc(Cl)c(OC3CCCC3)c2)c(Cl)n2n1CCCC2. The van der Waals surface area contributed by atoms with Gasteiger partial charge in [-0.3, -0.25) is 9.48 Å². The first-order valence-electron chi connectivity index (χ1n) is 8.61. The van der Waals surface area contributed by atoms with E-state index in [0.29, 0.717) is 21.5 Å². The van der Waals surface area contributed by atoms with Crippen LogP contribution in [-0.4, -0.2) is 15.5 Å². The van der Waals surface area contributed by atoms with Crippen LogP contribution in [0.5, 0.6) is 5.75 Å². The molecule has 0 atom stereocenters. The zero-order valence-corrected chi connectivity index (χ0v) is 14.9. The Bertz CT molecular complexity index is 819. The van der Waals surface area contributed by atoms with Crippen molar-refractivity contribution in [1.29, 1.82) is 0 Å². The molecular formula is C18H20Cl2N2O2. The molecule has 24 heavy (non-hydrogen) atoms. The van der Waals surface area contributed by atoms with Crippen LogP contribution in [0.25, 0.3) is 11.1 Å². The van der Waals surface area contributed by atoms with Crippen molar-refractivity contribution in [1.82, 2.24) is 9.36 Å². The smallest absolute Gasteiger partial charge is 0.276 e. The van der Waals surface area contributed by atoms with Gasteiger partial charge in [-0.1, -0.05) is 29.3 Å². The molecule has 0 saturated heterocycles. The summed E-state index contributed by atoms with van der Waals surface area (Å²) in [4.78, 5) is 12.8. The van der Waals surface area contributed by atoms with Crippen LogP contribution >= 0.6 is 23.2 Å². The molecule has 4 nitrogen and oxygen atoms in total. The van der Waals surface area contributed by atoms with Crippen LogP contribution in [0.15, 0.2) is 23.0 Å². The van der Waals surface area contributed by atoms with Crippen LogP contribution in [0, 0.1) is 0 Å². The summed E-state index contributed by atoms with van der Waals surface area (Å²) in [5, 5.41) is 1.08. The van der Waals surface area contributed by atoms with Gasteiger partial charge in [0.25, 0.3) is 5.56 Å². The van der Waals surface area contributed by atoms with E-state index in [-0.39, 0.29) is 11.7 Å². The molecule has 1 aliphatic heterocycles. The average Bonchev–Trinajstić information content (AvgIpc) is 3.18. The molecule has 0 spiro atoms. The molecule has 128 valence electrons. The molecule has 1 aromatic carbocycles. The Balaban J connectivity index is 1.74. The summed E-state index contributed by atoms with van der Waals surface area (Å²) in [6.07, 6.45) is 6.79. The minimum Gasteiger partial charge on any atom is -0.489 e. The van der Waals surface area contributed by atoms with E-state index in [1.54, 1.807) is 10.7 Å². The van der Waals surface area contributed by atoms with Gasteiger partial charge in [-0.05, 0) is 56.2 Å². The standard InChI is InChI=1S/C18H20Cl2N2O2/c19-14-8-7-12(11-15(14)24-13-5-1-2-6-13)16-17(20)21-9-3-4-10-22(21)18(16)23/h7-8,11,13H,1-6,9-10H2. The zero-order chi connectivity index (χ0) is 16.7. The molecule has 4 rings (SSSR count). The van der Waals surface area contributed by atoms with E-state index in [0.717, 1.165) is 44.3 Å². The monoisotopic (exact) mass is 366 g/mol. The Morgan fingerprint density at radius 3 is 2.42 bits per heavy atom. The van der Waals surface area contributed by atoms with Gasteiger partial charge in [0.1, 0.15) is 10.9 Å². The highest BCUT2D eigenvalue weighted by atomic mass is 35.5. The molecule has 0 unspecified atom stereocenters. The Kier molecular flexibility index (Phi) is 4.35. The van der Waals surface area contributed by atoms with Gasteiger partial charge in [0.2, 0.25) is 0 Å². The lowest BCUT2D eigenvalue weighted by Gasteiger charge is -2.17. The van der Waals surface area contributed by atoms with Crippen LogP contribution in [0.4, 0.5) is 0 Å². The average molecular weight is 367 g/mol. The fourth-order valence-electron chi connectivity index (χ4n) is 3.70. The highest BCUT2D eigenvalue weighted by Crippen LogP contribution is 2.35. The number of benzene rings is 1. The van der Waals surface area contributed by atoms with E-state index >= 15 is 0 Å². The van der Waals surface area contributed by atoms with E-state index < -0.39 is 0 Å². The largest absolute Gasteiger partial charge is 0.489 e. The lowest BCUT2D eigenvalue weighted by molar-refractivity contribution is 0.210. The molecule has 0 amide bonds. The minimum absolute atomic E-state index is 0.0335. The minimum atomic E-state index is -0.0335. The van der Waals surface area contributed by atoms with Gasteiger partial charge < -0.3 is 4.74 Å². The predicted octanol–water partition coefficient (Wildman–Crippen LogP) is 4.74. The maximum atomic E-state index is 12.8. The van der Waals surface area contributed by atoms with E-state index in [1.165, 1.54) is 12.8 Å². The summed E-state index contributed by atoms with van der Waals surface area (Å²) in [5.41, 5.74) is 1.29. The molecule has 6 heteroatoms. The molecule has 2 aliphatic rings. The van der Waals surface area contributed by atoms with Gasteiger partial charge in [-0.2, -0.15) is 0 Å². The molecule has 0 N–H and O–H groups in total. The summed E-state index contributed by atoms with van der Waals surface area (Å²) in [7, 11) is 0. The predicted molar refractivity (Wildman–Crippen MR) is 96.3 cm³/mol. The van der Waals surface area contributed by atoms with E-state index in [2.05, 4.69) is 0 Å². The third-order valence-electron chi connectivity index (χ3n) is 4.98. The third-order valence-corrected chi connectivity index (χ3v) is 5.67. The van der Waals surface area contributed by atoms with Crippen LogP contribution in [0.2, 0.25) is 10.2 Å². The number of nitrogens with zero attached hydrogens (tertiary/aromatic N) is 2. The Morgan fingerprint density at radius 1 is 1.00 bits per heavy atom. The summed E-state index contributed by atoms with van der Waals surface area (Å²) in [6, 6.07) is 5.49. The summed E-state index contributed by atoms with van der Waals surface area (Å²) >= 11 is 12.8. The quantitative estimate of drug-likeness (QED) is 0.786. The molecule has 1 fully saturated rings. The number of aromatic nitrogens is 2. The fraction of sp³-hybridized carbons (Fsp3) is 0.500. The first-order valence-corrected chi connectivity index (χ1v) is 9.36. The lowest BCUT2D eigenvalue weighted by atomic mass is 10.1. The second-order valence-electron chi connectivity index (χ2n) is 6.59. The molecule has 2 aromatic rings. The van der Waals surface area contributed by atoms with Crippen molar-refractivity contribution in [2.45, 2.75) is 57.7 Å². The lowest BCUT2D eigenvalue weighted by Crippen LogP contribution is -2.27. The number of halogens is 2. The molecule has 2 heterocycles. The number of rotatable bonds is 3. The first kappa shape index (κ1) is 16.1. The molecule has 0 bridgehead atoms. The van der Waals surface area contributed by atoms with E-state index in [1.807, 2.05) is 16.8 Å². The van der Waals surface area contributed by atoms with Gasteiger partial charge in [0.15, 0.2) is 0 Å². The van der Waals surface area contributed by atoms with Crippen LogP contribution in [-0.2, 0) is 13.1 Å². The van der Waals surface area contributed by atoms with Crippen molar-refractivity contribution < 1.29 is 4.74 Å². The number of fused-ring (bicyclic) bond motifs is 1. The number of hydrogen-bond acceptors (Lipinski definition) is 2.